The SMILES string of the molecule is Cc1cc(CNc2cccc(CCCO)c2)c(C)s1. The lowest BCUT2D eigenvalue weighted by molar-refractivity contribution is 0.288. The van der Waals surface area contributed by atoms with Gasteiger partial charge >= 0.3 is 0 Å². The molecule has 0 unspecified atom stereocenters. The van der Waals surface area contributed by atoms with Gasteiger partial charge in [-0.05, 0) is 56.0 Å². The van der Waals surface area contributed by atoms with Crippen molar-refractivity contribution < 1.29 is 5.11 Å². The van der Waals surface area contributed by atoms with Crippen LogP contribution in [0.1, 0.15) is 27.3 Å². The third kappa shape index (κ3) is 4.08. The Bertz CT molecular complexity index is 533. The van der Waals surface area contributed by atoms with Crippen LogP contribution in [0.5, 0.6) is 0 Å². The number of aryl methyl sites for hydroxylation is 3. The molecule has 0 aliphatic heterocycles. The normalized spacial score (nSPS) is 10.7. The molecule has 0 aliphatic rings. The molecule has 2 N–H and O–H groups in total. The topological polar surface area (TPSA) is 32.3 Å². The van der Waals surface area contributed by atoms with Gasteiger partial charge in [-0.3, -0.25) is 0 Å². The lowest BCUT2D eigenvalue weighted by Crippen LogP contribution is -2.00. The second-order valence-corrected chi connectivity index (χ2v) is 6.28. The molecule has 3 heteroatoms. The summed E-state index contributed by atoms with van der Waals surface area (Å²) in [6.07, 6.45) is 1.76. The second kappa shape index (κ2) is 6.73. The third-order valence-electron chi connectivity index (χ3n) is 3.18. The predicted octanol–water partition coefficient (Wildman–Crippen LogP) is 3.90. The van der Waals surface area contributed by atoms with Crippen LogP contribution in [0.2, 0.25) is 0 Å². The van der Waals surface area contributed by atoms with Gasteiger partial charge in [-0.15, -0.1) is 11.3 Å². The summed E-state index contributed by atoms with van der Waals surface area (Å²) in [5.41, 5.74) is 3.80. The fourth-order valence-corrected chi connectivity index (χ4v) is 3.12. The lowest BCUT2D eigenvalue weighted by atomic mass is 10.1. The number of hydrogen-bond acceptors (Lipinski definition) is 3. The maximum Gasteiger partial charge on any atom is 0.0434 e. The van der Waals surface area contributed by atoms with Gasteiger partial charge in [0.15, 0.2) is 0 Å². The molecule has 1 aromatic carbocycles. The summed E-state index contributed by atoms with van der Waals surface area (Å²) in [4.78, 5) is 2.76. The molecule has 0 saturated carbocycles. The van der Waals surface area contributed by atoms with Crippen molar-refractivity contribution in [2.75, 3.05) is 11.9 Å². The van der Waals surface area contributed by atoms with Gasteiger partial charge in [0.05, 0.1) is 0 Å². The van der Waals surface area contributed by atoms with E-state index < -0.39 is 0 Å². The molecule has 102 valence electrons. The lowest BCUT2D eigenvalue weighted by Gasteiger charge is -2.08. The molecule has 0 saturated heterocycles. The summed E-state index contributed by atoms with van der Waals surface area (Å²) < 4.78 is 0. The summed E-state index contributed by atoms with van der Waals surface area (Å²) in [6, 6.07) is 10.7. The first-order valence-electron chi connectivity index (χ1n) is 6.68. The minimum atomic E-state index is 0.255. The van der Waals surface area contributed by atoms with Crippen LogP contribution in [0.3, 0.4) is 0 Å². The van der Waals surface area contributed by atoms with E-state index in [0.29, 0.717) is 0 Å². The fourth-order valence-electron chi connectivity index (χ4n) is 2.18. The Morgan fingerprint density at radius 3 is 2.74 bits per heavy atom. The van der Waals surface area contributed by atoms with E-state index in [-0.39, 0.29) is 6.61 Å². The van der Waals surface area contributed by atoms with E-state index >= 15 is 0 Å². The average Bonchev–Trinajstić information content (AvgIpc) is 2.73. The van der Waals surface area contributed by atoms with E-state index in [2.05, 4.69) is 49.5 Å². The van der Waals surface area contributed by atoms with E-state index in [9.17, 15) is 0 Å². The van der Waals surface area contributed by atoms with Crippen LogP contribution in [-0.4, -0.2) is 11.7 Å². The van der Waals surface area contributed by atoms with Crippen LogP contribution in [0.15, 0.2) is 30.3 Å². The third-order valence-corrected chi connectivity index (χ3v) is 4.19. The van der Waals surface area contributed by atoms with Crippen molar-refractivity contribution in [3.05, 3.63) is 51.2 Å². The van der Waals surface area contributed by atoms with Gasteiger partial charge in [-0.2, -0.15) is 0 Å². The predicted molar refractivity (Wildman–Crippen MR) is 83.0 cm³/mol. The number of benzene rings is 1. The smallest absolute Gasteiger partial charge is 0.0434 e. The quantitative estimate of drug-likeness (QED) is 0.838. The second-order valence-electron chi connectivity index (χ2n) is 4.82. The highest BCUT2D eigenvalue weighted by Gasteiger charge is 2.03. The zero-order valence-electron chi connectivity index (χ0n) is 11.6. The number of aliphatic hydroxyl groups excluding tert-OH is 1. The highest BCUT2D eigenvalue weighted by molar-refractivity contribution is 7.12. The van der Waals surface area contributed by atoms with Crippen LogP contribution < -0.4 is 5.32 Å². The maximum atomic E-state index is 8.87. The Balaban J connectivity index is 1.97. The average molecular weight is 275 g/mol. The van der Waals surface area contributed by atoms with Gasteiger partial charge in [-0.25, -0.2) is 0 Å². The molecule has 1 aromatic heterocycles. The van der Waals surface area contributed by atoms with Crippen molar-refractivity contribution in [3.8, 4) is 0 Å². The number of aliphatic hydroxyl groups is 1. The first kappa shape index (κ1) is 14.1. The molecule has 2 aromatic rings. The molecule has 0 fully saturated rings. The van der Waals surface area contributed by atoms with Crippen molar-refractivity contribution in [3.63, 3.8) is 0 Å². The van der Waals surface area contributed by atoms with Gasteiger partial charge in [0.1, 0.15) is 0 Å². The Hall–Kier alpha value is -1.32. The Kier molecular flexibility index (Phi) is 5.00. The highest BCUT2D eigenvalue weighted by atomic mass is 32.1. The monoisotopic (exact) mass is 275 g/mol. The van der Waals surface area contributed by atoms with Crippen molar-refractivity contribution >= 4 is 17.0 Å². The molecular weight excluding hydrogens is 254 g/mol. The maximum absolute atomic E-state index is 8.87. The molecule has 0 atom stereocenters. The molecule has 19 heavy (non-hydrogen) atoms. The summed E-state index contributed by atoms with van der Waals surface area (Å²) in [6.45, 7) is 5.45. The first-order valence-corrected chi connectivity index (χ1v) is 7.50. The van der Waals surface area contributed by atoms with E-state index in [1.165, 1.54) is 20.9 Å². The van der Waals surface area contributed by atoms with Crippen LogP contribution in [0.25, 0.3) is 0 Å². The molecule has 0 spiro atoms. The van der Waals surface area contributed by atoms with E-state index in [1.54, 1.807) is 0 Å². The Morgan fingerprint density at radius 1 is 1.21 bits per heavy atom. The van der Waals surface area contributed by atoms with Crippen LogP contribution >= 0.6 is 11.3 Å². The van der Waals surface area contributed by atoms with Gasteiger partial charge in [-0.1, -0.05) is 12.1 Å². The molecule has 0 amide bonds. The summed E-state index contributed by atoms with van der Waals surface area (Å²) in [5, 5.41) is 12.3. The number of anilines is 1. The molecule has 0 bridgehead atoms. The van der Waals surface area contributed by atoms with Gasteiger partial charge in [0, 0.05) is 28.6 Å². The van der Waals surface area contributed by atoms with E-state index in [1.807, 2.05) is 11.3 Å². The van der Waals surface area contributed by atoms with Crippen molar-refractivity contribution in [2.24, 2.45) is 0 Å². The molecule has 2 nitrogen and oxygen atoms in total. The Morgan fingerprint density at radius 2 is 2.05 bits per heavy atom. The Labute approximate surface area is 119 Å². The van der Waals surface area contributed by atoms with Crippen LogP contribution in [0.4, 0.5) is 5.69 Å². The minimum absolute atomic E-state index is 0.255. The van der Waals surface area contributed by atoms with E-state index in [0.717, 1.165) is 25.1 Å². The zero-order valence-corrected chi connectivity index (χ0v) is 12.4. The molecule has 2 rings (SSSR count). The summed E-state index contributed by atoms with van der Waals surface area (Å²) in [5.74, 6) is 0. The molecule has 1 heterocycles. The van der Waals surface area contributed by atoms with Gasteiger partial charge in [0.2, 0.25) is 0 Å². The van der Waals surface area contributed by atoms with Crippen LogP contribution in [-0.2, 0) is 13.0 Å². The van der Waals surface area contributed by atoms with Crippen LogP contribution in [0, 0.1) is 13.8 Å². The van der Waals surface area contributed by atoms with E-state index in [4.69, 9.17) is 5.11 Å². The number of rotatable bonds is 6. The summed E-state index contributed by atoms with van der Waals surface area (Å²) in [7, 11) is 0. The standard InChI is InChI=1S/C16H21NOS/c1-12-9-15(13(2)19-12)11-17-16-7-3-5-14(10-16)6-4-8-18/h3,5,7,9-10,17-18H,4,6,8,11H2,1-2H3. The minimum Gasteiger partial charge on any atom is -0.396 e. The molecular formula is C16H21NOS. The van der Waals surface area contributed by atoms with Crippen molar-refractivity contribution in [2.45, 2.75) is 33.2 Å². The van der Waals surface area contributed by atoms with Crippen molar-refractivity contribution in [1.29, 1.82) is 0 Å². The number of nitrogens with one attached hydrogen (secondary N) is 1. The zero-order chi connectivity index (χ0) is 13.7. The number of thiophene rings is 1. The summed E-state index contributed by atoms with van der Waals surface area (Å²) >= 11 is 1.85. The first-order chi connectivity index (χ1) is 9.19. The number of hydrogen-bond donors (Lipinski definition) is 2. The largest absolute Gasteiger partial charge is 0.396 e. The molecule has 0 radical (unpaired) electrons. The fraction of sp³-hybridized carbons (Fsp3) is 0.375. The highest BCUT2D eigenvalue weighted by Crippen LogP contribution is 2.22. The van der Waals surface area contributed by atoms with Gasteiger partial charge < -0.3 is 10.4 Å². The van der Waals surface area contributed by atoms with Crippen molar-refractivity contribution in [1.82, 2.24) is 0 Å². The molecule has 0 aliphatic carbocycles. The van der Waals surface area contributed by atoms with Gasteiger partial charge in [0.25, 0.3) is 0 Å².